The highest BCUT2D eigenvalue weighted by Gasteiger charge is 2.24. The summed E-state index contributed by atoms with van der Waals surface area (Å²) in [5.41, 5.74) is 6.27. The molecular weight excluding hydrogens is 260 g/mol. The average molecular weight is 272 g/mol. The van der Waals surface area contributed by atoms with E-state index in [1.54, 1.807) is 31.2 Å². The molecule has 2 aromatic rings. The lowest BCUT2D eigenvalue weighted by atomic mass is 9.94. The molecule has 0 aliphatic rings. The van der Waals surface area contributed by atoms with E-state index in [1.165, 1.54) is 6.07 Å². The van der Waals surface area contributed by atoms with Gasteiger partial charge in [0.15, 0.2) is 0 Å². The van der Waals surface area contributed by atoms with E-state index in [2.05, 4.69) is 0 Å². The minimum atomic E-state index is -1.28. The van der Waals surface area contributed by atoms with E-state index < -0.39 is 16.6 Å². The molecule has 0 aromatic heterocycles. The number of anilines is 1. The van der Waals surface area contributed by atoms with Crippen molar-refractivity contribution in [1.29, 1.82) is 0 Å². The van der Waals surface area contributed by atoms with Crippen LogP contribution >= 0.6 is 0 Å². The standard InChI is InChI=1S/C14H12N2O4/c1-8-10(9-5-3-2-4-6-9)7-11(16(19)20)13(15)12(8)14(17)18/h2-7H,15H2,1H3,(H,17,18). The first-order valence-corrected chi connectivity index (χ1v) is 5.79. The van der Waals surface area contributed by atoms with Crippen LogP contribution in [0.2, 0.25) is 0 Å². The Balaban J connectivity index is 2.83. The molecule has 0 unspecified atom stereocenters. The summed E-state index contributed by atoms with van der Waals surface area (Å²) in [4.78, 5) is 21.6. The van der Waals surface area contributed by atoms with Gasteiger partial charge in [-0.05, 0) is 23.6 Å². The number of carboxylic acids is 1. The van der Waals surface area contributed by atoms with Gasteiger partial charge in [-0.15, -0.1) is 0 Å². The molecule has 0 aliphatic carbocycles. The molecule has 0 fully saturated rings. The Bertz CT molecular complexity index is 696. The lowest BCUT2D eigenvalue weighted by Crippen LogP contribution is -2.09. The van der Waals surface area contributed by atoms with Crippen molar-refractivity contribution in [2.45, 2.75) is 6.92 Å². The largest absolute Gasteiger partial charge is 0.478 e. The van der Waals surface area contributed by atoms with E-state index in [0.29, 0.717) is 16.7 Å². The molecule has 0 saturated heterocycles. The molecule has 0 aliphatic heterocycles. The fourth-order valence-corrected chi connectivity index (χ4v) is 2.13. The zero-order valence-corrected chi connectivity index (χ0v) is 10.7. The minimum Gasteiger partial charge on any atom is -0.478 e. The summed E-state index contributed by atoms with van der Waals surface area (Å²) in [5.74, 6) is -1.28. The fourth-order valence-electron chi connectivity index (χ4n) is 2.13. The highest BCUT2D eigenvalue weighted by molar-refractivity contribution is 6.00. The van der Waals surface area contributed by atoms with Crippen molar-refractivity contribution < 1.29 is 14.8 Å². The number of nitrogens with two attached hydrogens (primary N) is 1. The number of hydrogen-bond acceptors (Lipinski definition) is 4. The van der Waals surface area contributed by atoms with Crippen LogP contribution in [0.4, 0.5) is 11.4 Å². The lowest BCUT2D eigenvalue weighted by Gasteiger charge is -2.12. The SMILES string of the molecule is Cc1c(-c2ccccc2)cc([N+](=O)[O-])c(N)c1C(=O)O. The van der Waals surface area contributed by atoms with Crippen LogP contribution < -0.4 is 5.73 Å². The van der Waals surface area contributed by atoms with Crippen LogP contribution in [0.15, 0.2) is 36.4 Å². The molecule has 20 heavy (non-hydrogen) atoms. The van der Waals surface area contributed by atoms with E-state index in [1.807, 2.05) is 6.07 Å². The molecule has 0 spiro atoms. The molecule has 2 rings (SSSR count). The van der Waals surface area contributed by atoms with Crippen LogP contribution in [-0.4, -0.2) is 16.0 Å². The van der Waals surface area contributed by atoms with Gasteiger partial charge < -0.3 is 10.8 Å². The van der Waals surface area contributed by atoms with Crippen LogP contribution in [0.1, 0.15) is 15.9 Å². The van der Waals surface area contributed by atoms with Crippen LogP contribution in [0.3, 0.4) is 0 Å². The first-order valence-electron chi connectivity index (χ1n) is 5.79. The van der Waals surface area contributed by atoms with Crippen molar-refractivity contribution >= 4 is 17.3 Å². The Morgan fingerprint density at radius 3 is 2.40 bits per heavy atom. The number of nitro groups is 1. The number of nitrogens with zero attached hydrogens (tertiary/aromatic N) is 1. The minimum absolute atomic E-state index is 0.224. The third kappa shape index (κ3) is 2.18. The molecule has 0 bridgehead atoms. The summed E-state index contributed by atoms with van der Waals surface area (Å²) < 4.78 is 0. The number of rotatable bonds is 3. The van der Waals surface area contributed by atoms with Crippen molar-refractivity contribution in [2.75, 3.05) is 5.73 Å². The summed E-state index contributed by atoms with van der Waals surface area (Å²) in [7, 11) is 0. The Morgan fingerprint density at radius 2 is 1.90 bits per heavy atom. The van der Waals surface area contributed by atoms with Gasteiger partial charge in [0.05, 0.1) is 10.5 Å². The van der Waals surface area contributed by atoms with Gasteiger partial charge in [-0.1, -0.05) is 30.3 Å². The number of aromatic carboxylic acids is 1. The second-order valence-corrected chi connectivity index (χ2v) is 4.29. The van der Waals surface area contributed by atoms with E-state index in [-0.39, 0.29) is 11.3 Å². The number of nitrogen functional groups attached to an aromatic ring is 1. The second kappa shape index (κ2) is 5.00. The first kappa shape index (κ1) is 13.5. The van der Waals surface area contributed by atoms with Gasteiger partial charge in [-0.3, -0.25) is 10.1 Å². The predicted octanol–water partition coefficient (Wildman–Crippen LogP) is 2.85. The van der Waals surface area contributed by atoms with Crippen LogP contribution in [0, 0.1) is 17.0 Å². The number of carbonyl (C=O) groups is 1. The first-order chi connectivity index (χ1) is 9.43. The maximum Gasteiger partial charge on any atom is 0.338 e. The van der Waals surface area contributed by atoms with Crippen molar-refractivity contribution in [1.82, 2.24) is 0 Å². The Labute approximate surface area is 114 Å². The van der Waals surface area contributed by atoms with Gasteiger partial charge in [-0.2, -0.15) is 0 Å². The molecule has 2 aromatic carbocycles. The fraction of sp³-hybridized carbons (Fsp3) is 0.0714. The zero-order chi connectivity index (χ0) is 14.9. The van der Waals surface area contributed by atoms with E-state index in [9.17, 15) is 20.0 Å². The Kier molecular flexibility index (Phi) is 3.39. The van der Waals surface area contributed by atoms with E-state index in [4.69, 9.17) is 5.73 Å². The van der Waals surface area contributed by atoms with Gasteiger partial charge in [0.1, 0.15) is 5.69 Å². The smallest absolute Gasteiger partial charge is 0.338 e. The van der Waals surface area contributed by atoms with Crippen LogP contribution in [0.25, 0.3) is 11.1 Å². The zero-order valence-electron chi connectivity index (χ0n) is 10.7. The number of nitro benzene ring substituents is 1. The number of benzene rings is 2. The monoisotopic (exact) mass is 272 g/mol. The molecule has 0 heterocycles. The summed E-state index contributed by atoms with van der Waals surface area (Å²) in [6.45, 7) is 1.59. The number of carboxylic acid groups (broad SMARTS) is 1. The molecule has 0 radical (unpaired) electrons. The molecule has 3 N–H and O–H groups in total. The van der Waals surface area contributed by atoms with Gasteiger partial charge in [-0.25, -0.2) is 4.79 Å². The molecule has 0 atom stereocenters. The van der Waals surface area contributed by atoms with Crippen molar-refractivity contribution in [3.05, 3.63) is 57.6 Å². The normalized spacial score (nSPS) is 10.2. The van der Waals surface area contributed by atoms with Gasteiger partial charge in [0.2, 0.25) is 0 Å². The third-order valence-corrected chi connectivity index (χ3v) is 3.10. The summed E-state index contributed by atoms with van der Waals surface area (Å²) in [5, 5.41) is 20.2. The molecule has 102 valence electrons. The summed E-state index contributed by atoms with van der Waals surface area (Å²) in [6.07, 6.45) is 0. The highest BCUT2D eigenvalue weighted by atomic mass is 16.6. The average Bonchev–Trinajstić information content (AvgIpc) is 2.39. The van der Waals surface area contributed by atoms with E-state index in [0.717, 1.165) is 0 Å². The molecule has 6 heteroatoms. The van der Waals surface area contributed by atoms with Crippen LogP contribution in [0.5, 0.6) is 0 Å². The van der Waals surface area contributed by atoms with Crippen molar-refractivity contribution in [3.8, 4) is 11.1 Å². The van der Waals surface area contributed by atoms with Gasteiger partial charge in [0.25, 0.3) is 5.69 Å². The highest BCUT2D eigenvalue weighted by Crippen LogP contribution is 2.36. The Morgan fingerprint density at radius 1 is 1.30 bits per heavy atom. The van der Waals surface area contributed by atoms with Crippen LogP contribution in [-0.2, 0) is 0 Å². The molecular formula is C14H12N2O4. The third-order valence-electron chi connectivity index (χ3n) is 3.10. The second-order valence-electron chi connectivity index (χ2n) is 4.29. The molecule has 0 saturated carbocycles. The summed E-state index contributed by atoms with van der Waals surface area (Å²) >= 11 is 0. The predicted molar refractivity (Wildman–Crippen MR) is 74.6 cm³/mol. The van der Waals surface area contributed by atoms with Crippen molar-refractivity contribution in [2.24, 2.45) is 0 Å². The maximum atomic E-state index is 11.3. The quantitative estimate of drug-likeness (QED) is 0.507. The maximum absolute atomic E-state index is 11.3. The van der Waals surface area contributed by atoms with Crippen molar-refractivity contribution in [3.63, 3.8) is 0 Å². The van der Waals surface area contributed by atoms with Gasteiger partial charge >= 0.3 is 5.97 Å². The summed E-state index contributed by atoms with van der Waals surface area (Å²) in [6, 6.07) is 10.2. The van der Waals surface area contributed by atoms with E-state index >= 15 is 0 Å². The molecule has 6 nitrogen and oxygen atoms in total. The number of hydrogen-bond donors (Lipinski definition) is 2. The lowest BCUT2D eigenvalue weighted by molar-refractivity contribution is -0.383. The molecule has 0 amide bonds. The van der Waals surface area contributed by atoms with Gasteiger partial charge in [0, 0.05) is 6.07 Å². The Hall–Kier alpha value is -2.89. The topological polar surface area (TPSA) is 106 Å².